The number of ether oxygens (including phenoxy) is 3. The quantitative estimate of drug-likeness (QED) is 0.0352. The van der Waals surface area contributed by atoms with E-state index in [2.05, 4.69) is 148 Å². The van der Waals surface area contributed by atoms with Gasteiger partial charge in [0, 0.05) is 19.4 Å². The van der Waals surface area contributed by atoms with Crippen molar-refractivity contribution in [3.63, 3.8) is 0 Å². The highest BCUT2D eigenvalue weighted by molar-refractivity contribution is 5.70. The highest BCUT2D eigenvalue weighted by atomic mass is 16.6. The predicted octanol–water partition coefficient (Wildman–Crippen LogP) is 15.2. The first kappa shape index (κ1) is 54.0. The number of carbonyl (C=O) groups excluding carboxylic acids is 2. The van der Waals surface area contributed by atoms with Gasteiger partial charge in [-0.2, -0.15) is 0 Å². The molecule has 0 N–H and O–H groups in total. The predicted molar refractivity (Wildman–Crippen MR) is 251 cm³/mol. The van der Waals surface area contributed by atoms with E-state index in [0.717, 1.165) is 89.9 Å². The highest BCUT2D eigenvalue weighted by Gasteiger charge is 2.17. The van der Waals surface area contributed by atoms with Crippen LogP contribution in [0.2, 0.25) is 0 Å². The smallest absolute Gasteiger partial charge is 0.306 e. The number of unbranched alkanes of at least 4 members (excludes halogenated alkanes) is 6. The van der Waals surface area contributed by atoms with Crippen molar-refractivity contribution in [3.8, 4) is 0 Å². The Bertz CT molecular complexity index is 1270. The fraction of sp³-hybridized carbons (Fsp3) is 0.547. The molecule has 0 rings (SSSR count). The lowest BCUT2D eigenvalue weighted by Crippen LogP contribution is -2.30. The maximum absolute atomic E-state index is 12.7. The van der Waals surface area contributed by atoms with E-state index >= 15 is 0 Å². The number of rotatable bonds is 39. The largest absolute Gasteiger partial charge is 0.462 e. The Morgan fingerprint density at radius 1 is 0.397 bits per heavy atom. The third-order valence-corrected chi connectivity index (χ3v) is 8.70. The van der Waals surface area contributed by atoms with Crippen molar-refractivity contribution in [2.45, 2.75) is 168 Å². The molecule has 5 heteroatoms. The molecule has 0 aliphatic rings. The minimum Gasteiger partial charge on any atom is -0.462 e. The molecular weight excluding hydrogens is 717 g/mol. The van der Waals surface area contributed by atoms with E-state index < -0.39 is 6.10 Å². The standard InChI is InChI=1S/C53H82O5/c1-4-7-10-13-16-18-20-22-24-26-27-29-30-32-34-36-38-40-43-46-52(54)57-50-51(49-56-48-45-42-15-12-9-6-3)58-53(55)47-44-41-39-37-35-33-31-28-25-23-21-19-17-14-11-8-5-2/h7-8,10-11,16-19,22-25,27,29,31-34,37-40,51H,4-6,9,12-15,20-21,26,28,30,35-36,41-50H2,1-3H3/b10-7-,11-8-,18-16-,19-17-,24-22-,25-23-,29-27-,33-31-,34-32-,39-37-,40-38-. The number of esters is 2. The van der Waals surface area contributed by atoms with Gasteiger partial charge in [-0.05, 0) is 96.3 Å². The molecule has 58 heavy (non-hydrogen) atoms. The third kappa shape index (κ3) is 44.8. The van der Waals surface area contributed by atoms with E-state index in [4.69, 9.17) is 14.2 Å². The van der Waals surface area contributed by atoms with Crippen LogP contribution in [-0.2, 0) is 23.8 Å². The van der Waals surface area contributed by atoms with Gasteiger partial charge in [0.15, 0.2) is 6.10 Å². The van der Waals surface area contributed by atoms with Crippen LogP contribution in [-0.4, -0.2) is 37.9 Å². The van der Waals surface area contributed by atoms with Gasteiger partial charge in [-0.25, -0.2) is 0 Å². The van der Waals surface area contributed by atoms with Crippen molar-refractivity contribution < 1.29 is 23.8 Å². The van der Waals surface area contributed by atoms with Crippen LogP contribution < -0.4 is 0 Å². The average molecular weight is 799 g/mol. The van der Waals surface area contributed by atoms with Crippen LogP contribution in [0.4, 0.5) is 0 Å². The minimum atomic E-state index is -0.601. The third-order valence-electron chi connectivity index (χ3n) is 8.70. The van der Waals surface area contributed by atoms with Gasteiger partial charge in [0.2, 0.25) is 0 Å². The van der Waals surface area contributed by atoms with Crippen LogP contribution in [0.1, 0.15) is 162 Å². The van der Waals surface area contributed by atoms with Crippen molar-refractivity contribution in [3.05, 3.63) is 134 Å². The topological polar surface area (TPSA) is 61.8 Å². The number of hydrogen-bond donors (Lipinski definition) is 0. The maximum atomic E-state index is 12.7. The van der Waals surface area contributed by atoms with Crippen molar-refractivity contribution in [2.24, 2.45) is 0 Å². The van der Waals surface area contributed by atoms with E-state index in [-0.39, 0.29) is 31.6 Å². The van der Waals surface area contributed by atoms with Crippen molar-refractivity contribution in [1.82, 2.24) is 0 Å². The normalized spacial score (nSPS) is 13.5. The van der Waals surface area contributed by atoms with Gasteiger partial charge in [-0.1, -0.05) is 187 Å². The molecule has 0 aromatic rings. The molecule has 5 nitrogen and oxygen atoms in total. The summed E-state index contributed by atoms with van der Waals surface area (Å²) >= 11 is 0. The molecule has 0 aromatic carbocycles. The molecule has 0 aliphatic carbocycles. The van der Waals surface area contributed by atoms with Crippen LogP contribution in [0.25, 0.3) is 0 Å². The van der Waals surface area contributed by atoms with Gasteiger partial charge in [0.25, 0.3) is 0 Å². The fourth-order valence-electron chi connectivity index (χ4n) is 5.39. The molecule has 1 atom stereocenters. The Hall–Kier alpha value is -3.96. The van der Waals surface area contributed by atoms with Crippen LogP contribution in [0.15, 0.2) is 134 Å². The second-order valence-electron chi connectivity index (χ2n) is 14.2. The minimum absolute atomic E-state index is 0.0135. The molecule has 0 saturated carbocycles. The summed E-state index contributed by atoms with van der Waals surface area (Å²) in [6.45, 7) is 7.37. The van der Waals surface area contributed by atoms with Crippen molar-refractivity contribution in [1.29, 1.82) is 0 Å². The van der Waals surface area contributed by atoms with Gasteiger partial charge in [-0.3, -0.25) is 9.59 Å². The number of carbonyl (C=O) groups is 2. The average Bonchev–Trinajstić information content (AvgIpc) is 3.22. The summed E-state index contributed by atoms with van der Waals surface area (Å²) in [6, 6.07) is 0. The van der Waals surface area contributed by atoms with Crippen LogP contribution in [0, 0.1) is 0 Å². The van der Waals surface area contributed by atoms with Gasteiger partial charge < -0.3 is 14.2 Å². The SMILES string of the molecule is CC/C=C\C/C=C\C/C=C\C/C=C\C/C=C\C/C=C\CCC(=O)OCC(COCCCCCCCC)OC(=O)CCC/C=C\C/C=C\C/C=C\C/C=C\C/C=C\CC. The molecule has 1 unspecified atom stereocenters. The van der Waals surface area contributed by atoms with Crippen LogP contribution >= 0.6 is 0 Å². The first-order chi connectivity index (χ1) is 28.6. The highest BCUT2D eigenvalue weighted by Crippen LogP contribution is 2.08. The summed E-state index contributed by atoms with van der Waals surface area (Å²) in [7, 11) is 0. The van der Waals surface area contributed by atoms with E-state index in [1.807, 2.05) is 6.08 Å². The Morgan fingerprint density at radius 2 is 0.793 bits per heavy atom. The zero-order chi connectivity index (χ0) is 42.1. The molecule has 0 amide bonds. The monoisotopic (exact) mass is 799 g/mol. The van der Waals surface area contributed by atoms with E-state index in [1.165, 1.54) is 25.7 Å². The van der Waals surface area contributed by atoms with Crippen LogP contribution in [0.5, 0.6) is 0 Å². The molecule has 0 fully saturated rings. The van der Waals surface area contributed by atoms with E-state index in [0.29, 0.717) is 25.9 Å². The van der Waals surface area contributed by atoms with Crippen molar-refractivity contribution in [2.75, 3.05) is 19.8 Å². The second kappa shape index (κ2) is 47.4. The van der Waals surface area contributed by atoms with Gasteiger partial charge in [0.05, 0.1) is 6.61 Å². The summed E-state index contributed by atoms with van der Waals surface area (Å²) in [6.07, 6.45) is 67.7. The lowest BCUT2D eigenvalue weighted by molar-refractivity contribution is -0.162. The molecule has 0 spiro atoms. The van der Waals surface area contributed by atoms with E-state index in [9.17, 15) is 9.59 Å². The second-order valence-corrected chi connectivity index (χ2v) is 14.2. The molecule has 0 bridgehead atoms. The summed E-state index contributed by atoms with van der Waals surface area (Å²) in [5, 5.41) is 0. The molecule has 0 aromatic heterocycles. The summed E-state index contributed by atoms with van der Waals surface area (Å²) in [5.41, 5.74) is 0. The molecule has 0 aliphatic heterocycles. The summed E-state index contributed by atoms with van der Waals surface area (Å²) in [5.74, 6) is -0.579. The Morgan fingerprint density at radius 3 is 1.24 bits per heavy atom. The lowest BCUT2D eigenvalue weighted by Gasteiger charge is -2.18. The summed E-state index contributed by atoms with van der Waals surface area (Å²) in [4.78, 5) is 25.1. The van der Waals surface area contributed by atoms with Crippen LogP contribution in [0.3, 0.4) is 0 Å². The lowest BCUT2D eigenvalue weighted by atomic mass is 10.1. The first-order valence-corrected chi connectivity index (χ1v) is 22.7. The Labute approximate surface area is 356 Å². The van der Waals surface area contributed by atoms with Gasteiger partial charge >= 0.3 is 11.9 Å². The maximum Gasteiger partial charge on any atom is 0.306 e. The number of allylic oxidation sites excluding steroid dienone is 22. The zero-order valence-corrected chi connectivity index (χ0v) is 37.0. The molecule has 0 heterocycles. The fourth-order valence-corrected chi connectivity index (χ4v) is 5.39. The first-order valence-electron chi connectivity index (χ1n) is 22.7. The molecule has 0 saturated heterocycles. The van der Waals surface area contributed by atoms with E-state index in [1.54, 1.807) is 0 Å². The summed E-state index contributed by atoms with van der Waals surface area (Å²) < 4.78 is 17.1. The van der Waals surface area contributed by atoms with Gasteiger partial charge in [-0.15, -0.1) is 0 Å². The Kier molecular flexibility index (Phi) is 44.2. The van der Waals surface area contributed by atoms with Crippen molar-refractivity contribution >= 4 is 11.9 Å². The zero-order valence-electron chi connectivity index (χ0n) is 37.0. The molecular formula is C53H82O5. The molecule has 0 radical (unpaired) electrons. The number of hydrogen-bond acceptors (Lipinski definition) is 5. The Balaban J connectivity index is 4.38. The van der Waals surface area contributed by atoms with Gasteiger partial charge in [0.1, 0.15) is 6.61 Å². The molecule has 324 valence electrons.